The van der Waals surface area contributed by atoms with Gasteiger partial charge in [-0.1, -0.05) is 11.6 Å². The number of hydrogen-bond acceptors (Lipinski definition) is 2. The molecule has 1 aromatic rings. The molecule has 1 heterocycles. The molecule has 2 N–H and O–H groups in total. The van der Waals surface area contributed by atoms with Crippen LogP contribution in [0, 0.1) is 3.57 Å². The lowest BCUT2D eigenvalue weighted by atomic mass is 10.4. The minimum absolute atomic E-state index is 0.468. The third-order valence-corrected chi connectivity index (χ3v) is 2.22. The number of pyridine rings is 1. The zero-order valence-corrected chi connectivity index (χ0v) is 8.06. The summed E-state index contributed by atoms with van der Waals surface area (Å²) in [6.45, 7) is 0.468. The largest absolute Gasteiger partial charge is 0.325 e. The van der Waals surface area contributed by atoms with Gasteiger partial charge in [-0.25, -0.2) is 0 Å². The van der Waals surface area contributed by atoms with Crippen LogP contribution in [-0.4, -0.2) is 4.98 Å². The van der Waals surface area contributed by atoms with Gasteiger partial charge < -0.3 is 5.73 Å². The Morgan fingerprint density at radius 3 is 2.90 bits per heavy atom. The molecule has 0 spiro atoms. The summed E-state index contributed by atoms with van der Waals surface area (Å²) >= 11 is 7.82. The number of rotatable bonds is 1. The van der Waals surface area contributed by atoms with Crippen LogP contribution in [0.2, 0.25) is 5.02 Å². The second-order valence-electron chi connectivity index (χ2n) is 1.79. The zero-order valence-electron chi connectivity index (χ0n) is 5.14. The number of aromatic nitrogens is 1. The van der Waals surface area contributed by atoms with Gasteiger partial charge in [0.15, 0.2) is 0 Å². The van der Waals surface area contributed by atoms with Gasteiger partial charge in [0.05, 0.1) is 10.7 Å². The summed E-state index contributed by atoms with van der Waals surface area (Å²) in [7, 11) is 0. The van der Waals surface area contributed by atoms with E-state index in [0.717, 1.165) is 9.26 Å². The summed E-state index contributed by atoms with van der Waals surface area (Å²) < 4.78 is 1.02. The van der Waals surface area contributed by atoms with Crippen molar-refractivity contribution < 1.29 is 0 Å². The van der Waals surface area contributed by atoms with Crippen LogP contribution in [-0.2, 0) is 6.54 Å². The molecule has 54 valence electrons. The first-order valence-electron chi connectivity index (χ1n) is 2.74. The lowest BCUT2D eigenvalue weighted by Gasteiger charge is -1.98. The SMILES string of the molecule is NCc1ncc(Cl)cc1I. The first-order valence-corrected chi connectivity index (χ1v) is 4.19. The Hall–Kier alpha value is 0.130. The van der Waals surface area contributed by atoms with Crippen LogP contribution in [0.25, 0.3) is 0 Å². The number of halogens is 2. The van der Waals surface area contributed by atoms with Crippen LogP contribution in [0.15, 0.2) is 12.3 Å². The number of hydrogen-bond donors (Lipinski definition) is 1. The molecular weight excluding hydrogens is 262 g/mol. The number of nitrogens with two attached hydrogens (primary N) is 1. The van der Waals surface area contributed by atoms with E-state index < -0.39 is 0 Å². The van der Waals surface area contributed by atoms with Crippen LogP contribution in [0.5, 0.6) is 0 Å². The molecular formula is C6H6ClIN2. The topological polar surface area (TPSA) is 38.9 Å². The standard InChI is InChI=1S/C6H6ClIN2/c7-4-1-5(8)6(2-9)10-3-4/h1,3H,2,9H2. The van der Waals surface area contributed by atoms with Gasteiger partial charge in [-0.05, 0) is 28.7 Å². The van der Waals surface area contributed by atoms with Gasteiger partial charge in [0.25, 0.3) is 0 Å². The Balaban J connectivity index is 3.07. The summed E-state index contributed by atoms with van der Waals surface area (Å²) in [5, 5.41) is 0.654. The van der Waals surface area contributed by atoms with Crippen molar-refractivity contribution in [1.29, 1.82) is 0 Å². The third kappa shape index (κ3) is 1.81. The van der Waals surface area contributed by atoms with Crippen LogP contribution in [0.4, 0.5) is 0 Å². The highest BCUT2D eigenvalue weighted by Gasteiger charge is 1.98. The average molecular weight is 268 g/mol. The molecule has 4 heteroatoms. The van der Waals surface area contributed by atoms with Crippen molar-refractivity contribution in [2.75, 3.05) is 0 Å². The van der Waals surface area contributed by atoms with Gasteiger partial charge >= 0.3 is 0 Å². The fourth-order valence-electron chi connectivity index (χ4n) is 0.593. The molecule has 10 heavy (non-hydrogen) atoms. The smallest absolute Gasteiger partial charge is 0.0673 e. The van der Waals surface area contributed by atoms with Crippen molar-refractivity contribution in [3.63, 3.8) is 0 Å². The van der Waals surface area contributed by atoms with Crippen molar-refractivity contribution in [3.05, 3.63) is 26.5 Å². The molecule has 0 aliphatic rings. The molecule has 0 fully saturated rings. The molecule has 1 rings (SSSR count). The Morgan fingerprint density at radius 2 is 2.40 bits per heavy atom. The third-order valence-electron chi connectivity index (χ3n) is 1.08. The van der Waals surface area contributed by atoms with Crippen LogP contribution in [0.3, 0.4) is 0 Å². The predicted octanol–water partition coefficient (Wildman–Crippen LogP) is 1.80. The van der Waals surface area contributed by atoms with Gasteiger partial charge in [-0.15, -0.1) is 0 Å². The van der Waals surface area contributed by atoms with Crippen LogP contribution >= 0.6 is 34.2 Å². The molecule has 0 aliphatic carbocycles. The molecule has 0 saturated heterocycles. The second-order valence-corrected chi connectivity index (χ2v) is 3.38. The quantitative estimate of drug-likeness (QED) is 0.789. The highest BCUT2D eigenvalue weighted by atomic mass is 127. The van der Waals surface area contributed by atoms with E-state index in [1.807, 2.05) is 6.07 Å². The lowest BCUT2D eigenvalue weighted by Crippen LogP contribution is -2.01. The Labute approximate surface area is 77.9 Å². The van der Waals surface area contributed by atoms with Gasteiger partial charge in [0, 0.05) is 16.3 Å². The summed E-state index contributed by atoms with van der Waals surface area (Å²) in [5.41, 5.74) is 6.28. The molecule has 2 nitrogen and oxygen atoms in total. The van der Waals surface area contributed by atoms with Crippen molar-refractivity contribution in [1.82, 2.24) is 4.98 Å². The zero-order chi connectivity index (χ0) is 7.56. The summed E-state index contributed by atoms with van der Waals surface area (Å²) in [4.78, 5) is 4.03. The minimum Gasteiger partial charge on any atom is -0.325 e. The molecule has 0 bridgehead atoms. The predicted molar refractivity (Wildman–Crippen MR) is 49.9 cm³/mol. The van der Waals surface area contributed by atoms with Crippen molar-refractivity contribution >= 4 is 34.2 Å². The fraction of sp³-hybridized carbons (Fsp3) is 0.167. The van der Waals surface area contributed by atoms with E-state index in [4.69, 9.17) is 17.3 Å². The maximum atomic E-state index is 5.67. The highest BCUT2D eigenvalue weighted by Crippen LogP contribution is 2.14. The van der Waals surface area contributed by atoms with E-state index in [1.54, 1.807) is 6.20 Å². The maximum Gasteiger partial charge on any atom is 0.0673 e. The summed E-state index contributed by atoms with van der Waals surface area (Å²) in [6.07, 6.45) is 1.60. The van der Waals surface area contributed by atoms with Crippen molar-refractivity contribution in [2.24, 2.45) is 5.73 Å². The Morgan fingerprint density at radius 1 is 1.70 bits per heavy atom. The first-order chi connectivity index (χ1) is 4.74. The summed E-state index contributed by atoms with van der Waals surface area (Å²) in [6, 6.07) is 1.84. The van der Waals surface area contributed by atoms with Gasteiger partial charge in [-0.3, -0.25) is 4.98 Å². The molecule has 0 atom stereocenters. The maximum absolute atomic E-state index is 5.67. The summed E-state index contributed by atoms with van der Waals surface area (Å²) in [5.74, 6) is 0. The van der Waals surface area contributed by atoms with Crippen molar-refractivity contribution in [3.8, 4) is 0 Å². The van der Waals surface area contributed by atoms with E-state index >= 15 is 0 Å². The molecule has 0 aliphatic heterocycles. The fourth-order valence-corrected chi connectivity index (χ4v) is 1.63. The normalized spacial score (nSPS) is 9.90. The lowest BCUT2D eigenvalue weighted by molar-refractivity contribution is 0.978. The van der Waals surface area contributed by atoms with Crippen molar-refractivity contribution in [2.45, 2.75) is 6.54 Å². The molecule has 0 unspecified atom stereocenters. The Bertz CT molecular complexity index is 239. The molecule has 0 aromatic carbocycles. The molecule has 0 amide bonds. The van der Waals surface area contributed by atoms with Gasteiger partial charge in [0.1, 0.15) is 0 Å². The van der Waals surface area contributed by atoms with Crippen LogP contribution in [0.1, 0.15) is 5.69 Å². The minimum atomic E-state index is 0.468. The van der Waals surface area contributed by atoms with E-state index in [-0.39, 0.29) is 0 Å². The second kappa shape index (κ2) is 3.50. The van der Waals surface area contributed by atoms with E-state index in [9.17, 15) is 0 Å². The van der Waals surface area contributed by atoms with Gasteiger partial charge in [0.2, 0.25) is 0 Å². The van der Waals surface area contributed by atoms with E-state index in [2.05, 4.69) is 27.6 Å². The van der Waals surface area contributed by atoms with E-state index in [1.165, 1.54) is 0 Å². The van der Waals surface area contributed by atoms with E-state index in [0.29, 0.717) is 11.6 Å². The van der Waals surface area contributed by atoms with Crippen LogP contribution < -0.4 is 5.73 Å². The Kier molecular flexibility index (Phi) is 2.88. The number of nitrogens with zero attached hydrogens (tertiary/aromatic N) is 1. The molecule has 1 aromatic heterocycles. The highest BCUT2D eigenvalue weighted by molar-refractivity contribution is 14.1. The molecule has 0 saturated carbocycles. The monoisotopic (exact) mass is 268 g/mol. The molecule has 0 radical (unpaired) electrons. The first kappa shape index (κ1) is 8.23. The average Bonchev–Trinajstić information content (AvgIpc) is 1.88. The van der Waals surface area contributed by atoms with Gasteiger partial charge in [-0.2, -0.15) is 0 Å².